The highest BCUT2D eigenvalue weighted by molar-refractivity contribution is 5.59. The molecule has 0 aromatic carbocycles. The quantitative estimate of drug-likeness (QED) is 0.860. The Morgan fingerprint density at radius 3 is 2.57 bits per heavy atom. The van der Waals surface area contributed by atoms with E-state index in [1.807, 2.05) is 19.9 Å². The Kier molecular flexibility index (Phi) is 4.88. The number of nitrogens with zero attached hydrogens (tertiary/aromatic N) is 2. The highest BCUT2D eigenvalue weighted by atomic mass is 14.9. The predicted octanol–water partition coefficient (Wildman–Crippen LogP) is 4.59. The summed E-state index contributed by atoms with van der Waals surface area (Å²) in [6.45, 7) is 9.49. The summed E-state index contributed by atoms with van der Waals surface area (Å²) in [6, 6.07) is 4.30. The van der Waals surface area contributed by atoms with Crippen molar-refractivity contribution >= 4 is 5.69 Å². The minimum atomic E-state index is 0.409. The van der Waals surface area contributed by atoms with Crippen LogP contribution in [0.2, 0.25) is 0 Å². The summed E-state index contributed by atoms with van der Waals surface area (Å²) in [5.74, 6) is 0.723. The van der Waals surface area contributed by atoms with Gasteiger partial charge in [-0.15, -0.1) is 0 Å². The van der Waals surface area contributed by atoms with Crippen LogP contribution in [0.4, 0.5) is 5.69 Å². The molecule has 1 heterocycles. The topological polar surface area (TPSA) is 48.7 Å². The molecule has 1 aliphatic rings. The van der Waals surface area contributed by atoms with E-state index in [4.69, 9.17) is 0 Å². The number of pyridine rings is 1. The van der Waals surface area contributed by atoms with Gasteiger partial charge < -0.3 is 5.32 Å². The number of nitriles is 1. The van der Waals surface area contributed by atoms with Gasteiger partial charge in [0.1, 0.15) is 6.07 Å². The summed E-state index contributed by atoms with van der Waals surface area (Å²) in [4.78, 5) is 4.39. The lowest BCUT2D eigenvalue weighted by molar-refractivity contribution is 0.252. The number of anilines is 1. The molecule has 0 radical (unpaired) electrons. The van der Waals surface area contributed by atoms with E-state index < -0.39 is 0 Å². The van der Waals surface area contributed by atoms with Crippen molar-refractivity contribution in [3.63, 3.8) is 0 Å². The molecule has 114 valence electrons. The molecule has 3 heteroatoms. The molecule has 0 saturated heterocycles. The van der Waals surface area contributed by atoms with Crippen molar-refractivity contribution in [1.29, 1.82) is 5.26 Å². The molecule has 0 atom stereocenters. The van der Waals surface area contributed by atoms with Crippen molar-refractivity contribution in [3.8, 4) is 6.07 Å². The van der Waals surface area contributed by atoms with Crippen molar-refractivity contribution in [1.82, 2.24) is 4.98 Å². The van der Waals surface area contributed by atoms with Crippen LogP contribution in [-0.4, -0.2) is 11.5 Å². The van der Waals surface area contributed by atoms with Crippen LogP contribution in [0.15, 0.2) is 6.07 Å². The standard InChI is InChI=1S/C18H27N3/c1-13(2)10-18(7-5-6-8-18)12-20-17-9-14(3)21-15(4)16(17)11-19/h9,13H,5-8,10,12H2,1-4H3,(H,20,21). The lowest BCUT2D eigenvalue weighted by Crippen LogP contribution is -2.28. The molecule has 2 rings (SSSR count). The zero-order valence-electron chi connectivity index (χ0n) is 13.8. The van der Waals surface area contributed by atoms with Crippen molar-refractivity contribution in [2.24, 2.45) is 11.3 Å². The van der Waals surface area contributed by atoms with E-state index in [-0.39, 0.29) is 0 Å². The fourth-order valence-electron chi connectivity index (χ4n) is 3.84. The summed E-state index contributed by atoms with van der Waals surface area (Å²) in [7, 11) is 0. The molecule has 1 aromatic heterocycles. The third-order valence-corrected chi connectivity index (χ3v) is 4.60. The second-order valence-corrected chi connectivity index (χ2v) is 7.04. The van der Waals surface area contributed by atoms with Crippen LogP contribution in [0.25, 0.3) is 0 Å². The second-order valence-electron chi connectivity index (χ2n) is 7.04. The molecule has 0 bridgehead atoms. The second kappa shape index (κ2) is 6.47. The van der Waals surface area contributed by atoms with Crippen molar-refractivity contribution < 1.29 is 0 Å². The molecule has 1 aliphatic carbocycles. The maximum Gasteiger partial charge on any atom is 0.103 e. The highest BCUT2D eigenvalue weighted by Gasteiger charge is 2.34. The van der Waals surface area contributed by atoms with Gasteiger partial charge in [-0.05, 0) is 50.5 Å². The van der Waals surface area contributed by atoms with Gasteiger partial charge in [0.25, 0.3) is 0 Å². The van der Waals surface area contributed by atoms with Gasteiger partial charge in [0, 0.05) is 12.2 Å². The van der Waals surface area contributed by atoms with E-state index in [0.29, 0.717) is 11.0 Å². The Hall–Kier alpha value is -1.56. The number of nitrogens with one attached hydrogen (secondary N) is 1. The van der Waals surface area contributed by atoms with Crippen LogP contribution in [-0.2, 0) is 0 Å². The third-order valence-electron chi connectivity index (χ3n) is 4.60. The summed E-state index contributed by atoms with van der Waals surface area (Å²) >= 11 is 0. The van der Waals surface area contributed by atoms with Crippen molar-refractivity contribution in [3.05, 3.63) is 23.0 Å². The number of aryl methyl sites for hydroxylation is 2. The first kappa shape index (κ1) is 15.8. The van der Waals surface area contributed by atoms with E-state index >= 15 is 0 Å². The lowest BCUT2D eigenvalue weighted by atomic mass is 9.78. The minimum Gasteiger partial charge on any atom is -0.383 e. The maximum atomic E-state index is 9.36. The van der Waals surface area contributed by atoms with Gasteiger partial charge in [-0.3, -0.25) is 4.98 Å². The summed E-state index contributed by atoms with van der Waals surface area (Å²) in [5.41, 5.74) is 3.85. The normalized spacial score (nSPS) is 17.0. The first-order valence-corrected chi connectivity index (χ1v) is 8.08. The molecule has 3 nitrogen and oxygen atoms in total. The van der Waals surface area contributed by atoms with Gasteiger partial charge >= 0.3 is 0 Å². The number of aromatic nitrogens is 1. The Morgan fingerprint density at radius 1 is 1.33 bits per heavy atom. The lowest BCUT2D eigenvalue weighted by Gasteiger charge is -2.32. The Bertz CT molecular complexity index is 534. The van der Waals surface area contributed by atoms with Gasteiger partial charge in [0.15, 0.2) is 0 Å². The average molecular weight is 285 g/mol. The van der Waals surface area contributed by atoms with Crippen LogP contribution >= 0.6 is 0 Å². The molecular formula is C18H27N3. The fraction of sp³-hybridized carbons (Fsp3) is 0.667. The summed E-state index contributed by atoms with van der Waals surface area (Å²) < 4.78 is 0. The smallest absolute Gasteiger partial charge is 0.103 e. The van der Waals surface area contributed by atoms with Crippen LogP contribution in [0.1, 0.15) is 62.9 Å². The van der Waals surface area contributed by atoms with E-state index in [1.165, 1.54) is 32.1 Å². The molecule has 0 amide bonds. The highest BCUT2D eigenvalue weighted by Crippen LogP contribution is 2.43. The molecule has 1 fully saturated rings. The largest absolute Gasteiger partial charge is 0.383 e. The molecule has 0 spiro atoms. The monoisotopic (exact) mass is 285 g/mol. The van der Waals surface area contributed by atoms with Gasteiger partial charge in [-0.2, -0.15) is 5.26 Å². The molecular weight excluding hydrogens is 258 g/mol. The minimum absolute atomic E-state index is 0.409. The zero-order chi connectivity index (χ0) is 15.5. The van der Waals surface area contributed by atoms with Gasteiger partial charge in [-0.25, -0.2) is 0 Å². The van der Waals surface area contributed by atoms with Crippen LogP contribution in [0, 0.1) is 36.5 Å². The molecule has 1 aromatic rings. The first-order valence-electron chi connectivity index (χ1n) is 8.08. The number of hydrogen-bond acceptors (Lipinski definition) is 3. The zero-order valence-corrected chi connectivity index (χ0v) is 13.8. The first-order chi connectivity index (χ1) is 9.96. The fourth-order valence-corrected chi connectivity index (χ4v) is 3.84. The molecule has 1 saturated carbocycles. The maximum absolute atomic E-state index is 9.36. The van der Waals surface area contributed by atoms with E-state index in [2.05, 4.69) is 30.2 Å². The van der Waals surface area contributed by atoms with Crippen molar-refractivity contribution in [2.75, 3.05) is 11.9 Å². The number of hydrogen-bond donors (Lipinski definition) is 1. The Morgan fingerprint density at radius 2 is 2.00 bits per heavy atom. The van der Waals surface area contributed by atoms with Gasteiger partial charge in [-0.1, -0.05) is 26.7 Å². The van der Waals surface area contributed by atoms with E-state index in [1.54, 1.807) is 0 Å². The van der Waals surface area contributed by atoms with E-state index in [9.17, 15) is 5.26 Å². The van der Waals surface area contributed by atoms with Crippen molar-refractivity contribution in [2.45, 2.75) is 59.8 Å². The Balaban J connectivity index is 2.17. The van der Waals surface area contributed by atoms with Gasteiger partial charge in [0.05, 0.1) is 16.9 Å². The van der Waals surface area contributed by atoms with Crippen LogP contribution in [0.5, 0.6) is 0 Å². The predicted molar refractivity (Wildman–Crippen MR) is 87.3 cm³/mol. The summed E-state index contributed by atoms with van der Waals surface area (Å²) in [6.07, 6.45) is 6.57. The molecule has 0 aliphatic heterocycles. The molecule has 21 heavy (non-hydrogen) atoms. The molecule has 0 unspecified atom stereocenters. The summed E-state index contributed by atoms with van der Waals surface area (Å²) in [5, 5.41) is 12.9. The third kappa shape index (κ3) is 3.75. The van der Waals surface area contributed by atoms with Crippen LogP contribution in [0.3, 0.4) is 0 Å². The molecule has 1 N–H and O–H groups in total. The number of rotatable bonds is 5. The van der Waals surface area contributed by atoms with E-state index in [0.717, 1.165) is 29.5 Å². The van der Waals surface area contributed by atoms with Gasteiger partial charge in [0.2, 0.25) is 0 Å². The van der Waals surface area contributed by atoms with Crippen LogP contribution < -0.4 is 5.32 Å². The Labute approximate surface area is 128 Å². The average Bonchev–Trinajstić information content (AvgIpc) is 2.84. The SMILES string of the molecule is Cc1cc(NCC2(CC(C)C)CCCC2)c(C#N)c(C)n1.